The molecule has 0 aromatic heterocycles. The van der Waals surface area contributed by atoms with Crippen LogP contribution < -0.4 is 5.73 Å². The Labute approximate surface area is 85.1 Å². The van der Waals surface area contributed by atoms with Gasteiger partial charge in [0.2, 0.25) is 0 Å². The van der Waals surface area contributed by atoms with Crippen LogP contribution in [0.3, 0.4) is 0 Å². The third-order valence-corrected chi connectivity index (χ3v) is 2.95. The molecular weight excluding hydrogens is 180 g/mol. The van der Waals surface area contributed by atoms with Gasteiger partial charge in [-0.2, -0.15) is 0 Å². The predicted octanol–water partition coefficient (Wildman–Crippen LogP) is 1.01. The van der Waals surface area contributed by atoms with Crippen LogP contribution in [0.25, 0.3) is 0 Å². The Morgan fingerprint density at radius 2 is 2.29 bits per heavy atom. The fourth-order valence-corrected chi connectivity index (χ4v) is 2.00. The van der Waals surface area contributed by atoms with E-state index in [4.69, 9.17) is 10.8 Å². The maximum atomic E-state index is 11.0. The highest BCUT2D eigenvalue weighted by molar-refractivity contribution is 5.78. The zero-order valence-electron chi connectivity index (χ0n) is 8.83. The van der Waals surface area contributed by atoms with E-state index in [0.717, 1.165) is 38.8 Å². The molecule has 0 radical (unpaired) electrons. The fourth-order valence-electron chi connectivity index (χ4n) is 2.00. The first-order chi connectivity index (χ1) is 6.61. The van der Waals surface area contributed by atoms with Gasteiger partial charge in [0.15, 0.2) is 5.66 Å². The lowest BCUT2D eigenvalue weighted by Crippen LogP contribution is -2.58. The van der Waals surface area contributed by atoms with Gasteiger partial charge in [-0.15, -0.1) is 0 Å². The molecule has 0 saturated carbocycles. The predicted molar refractivity (Wildman–Crippen MR) is 54.9 cm³/mol. The molecule has 0 aromatic carbocycles. The minimum absolute atomic E-state index is 0.578. The summed E-state index contributed by atoms with van der Waals surface area (Å²) >= 11 is 0. The van der Waals surface area contributed by atoms with Crippen molar-refractivity contribution in [3.8, 4) is 0 Å². The van der Waals surface area contributed by atoms with E-state index >= 15 is 0 Å². The van der Waals surface area contributed by atoms with E-state index in [9.17, 15) is 4.79 Å². The number of carbonyl (C=O) groups is 1. The number of unbranched alkanes of at least 4 members (excludes halogenated alkanes) is 2. The van der Waals surface area contributed by atoms with E-state index in [0.29, 0.717) is 6.42 Å². The molecule has 1 aliphatic heterocycles. The summed E-state index contributed by atoms with van der Waals surface area (Å²) < 4.78 is 0. The minimum atomic E-state index is -1.09. The van der Waals surface area contributed by atoms with Gasteiger partial charge >= 0.3 is 5.97 Å². The van der Waals surface area contributed by atoms with Gasteiger partial charge in [-0.3, -0.25) is 4.90 Å². The van der Waals surface area contributed by atoms with Gasteiger partial charge in [-0.05, 0) is 19.3 Å². The number of hydrogen-bond donors (Lipinski definition) is 2. The molecule has 4 nitrogen and oxygen atoms in total. The number of rotatable bonds is 5. The maximum absolute atomic E-state index is 11.0. The van der Waals surface area contributed by atoms with E-state index < -0.39 is 11.6 Å². The van der Waals surface area contributed by atoms with Crippen LogP contribution in [0.1, 0.15) is 39.0 Å². The van der Waals surface area contributed by atoms with Gasteiger partial charge in [-0.25, -0.2) is 4.79 Å². The summed E-state index contributed by atoms with van der Waals surface area (Å²) in [4.78, 5) is 12.9. The Kier molecular flexibility index (Phi) is 3.89. The highest BCUT2D eigenvalue weighted by Gasteiger charge is 2.43. The van der Waals surface area contributed by atoms with Crippen molar-refractivity contribution >= 4 is 5.97 Å². The van der Waals surface area contributed by atoms with E-state index in [1.807, 2.05) is 4.90 Å². The Morgan fingerprint density at radius 1 is 1.57 bits per heavy atom. The molecule has 4 heteroatoms. The van der Waals surface area contributed by atoms with Crippen LogP contribution in [0.5, 0.6) is 0 Å². The van der Waals surface area contributed by atoms with E-state index in [-0.39, 0.29) is 0 Å². The average Bonchev–Trinajstić information content (AvgIpc) is 2.50. The van der Waals surface area contributed by atoms with Gasteiger partial charge in [0, 0.05) is 13.1 Å². The molecule has 0 aromatic rings. The normalized spacial score (nSPS) is 28.1. The Bertz CT molecular complexity index is 208. The first-order valence-corrected chi connectivity index (χ1v) is 5.38. The van der Waals surface area contributed by atoms with Crippen LogP contribution in [0.15, 0.2) is 0 Å². The SMILES string of the molecule is CCCCCN1CCC[C@@]1(N)C(=O)O. The molecule has 14 heavy (non-hydrogen) atoms. The number of hydrogen-bond acceptors (Lipinski definition) is 3. The quantitative estimate of drug-likeness (QED) is 0.650. The van der Waals surface area contributed by atoms with Crippen LogP contribution in [-0.2, 0) is 4.79 Å². The van der Waals surface area contributed by atoms with Gasteiger partial charge in [0.1, 0.15) is 0 Å². The second-order valence-electron chi connectivity index (χ2n) is 4.03. The lowest BCUT2D eigenvalue weighted by atomic mass is 10.1. The topological polar surface area (TPSA) is 66.6 Å². The molecule has 0 amide bonds. The number of carboxylic acids is 1. The lowest BCUT2D eigenvalue weighted by molar-refractivity contribution is -0.149. The summed E-state index contributed by atoms with van der Waals surface area (Å²) in [5, 5.41) is 9.03. The summed E-state index contributed by atoms with van der Waals surface area (Å²) in [5.41, 5.74) is 4.77. The number of likely N-dealkylation sites (tertiary alicyclic amines) is 1. The van der Waals surface area contributed by atoms with Crippen molar-refractivity contribution in [3.63, 3.8) is 0 Å². The highest BCUT2D eigenvalue weighted by atomic mass is 16.4. The summed E-state index contributed by atoms with van der Waals surface area (Å²) in [5.74, 6) is -0.883. The molecule has 1 saturated heterocycles. The van der Waals surface area contributed by atoms with Gasteiger partial charge < -0.3 is 10.8 Å². The average molecular weight is 200 g/mol. The first kappa shape index (κ1) is 11.5. The molecule has 0 unspecified atom stereocenters. The second kappa shape index (κ2) is 4.75. The molecular formula is C10H20N2O2. The third kappa shape index (κ3) is 2.25. The van der Waals surface area contributed by atoms with Crippen LogP contribution in [0.4, 0.5) is 0 Å². The number of nitrogens with two attached hydrogens (primary N) is 1. The molecule has 0 bridgehead atoms. The second-order valence-corrected chi connectivity index (χ2v) is 4.03. The van der Waals surface area contributed by atoms with Crippen LogP contribution in [0.2, 0.25) is 0 Å². The largest absolute Gasteiger partial charge is 0.479 e. The number of carboxylic acid groups (broad SMARTS) is 1. The van der Waals surface area contributed by atoms with Crippen LogP contribution in [-0.4, -0.2) is 34.7 Å². The van der Waals surface area contributed by atoms with E-state index in [1.165, 1.54) is 0 Å². The first-order valence-electron chi connectivity index (χ1n) is 5.38. The standard InChI is InChI=1S/C10H20N2O2/c1-2-3-4-7-12-8-5-6-10(12,11)9(13)14/h2-8,11H2,1H3,(H,13,14)/t10-/m0/s1. The van der Waals surface area contributed by atoms with E-state index in [2.05, 4.69) is 6.92 Å². The summed E-state index contributed by atoms with van der Waals surface area (Å²) in [7, 11) is 0. The molecule has 82 valence electrons. The van der Waals surface area contributed by atoms with Gasteiger partial charge in [-0.1, -0.05) is 19.8 Å². The summed E-state index contributed by atoms with van der Waals surface area (Å²) in [6, 6.07) is 0. The smallest absolute Gasteiger partial charge is 0.338 e. The Hall–Kier alpha value is -0.610. The van der Waals surface area contributed by atoms with Crippen LogP contribution in [0, 0.1) is 0 Å². The summed E-state index contributed by atoms with van der Waals surface area (Å²) in [6.07, 6.45) is 4.82. The maximum Gasteiger partial charge on any atom is 0.338 e. The fraction of sp³-hybridized carbons (Fsp3) is 0.900. The Morgan fingerprint density at radius 3 is 2.86 bits per heavy atom. The number of aliphatic carboxylic acids is 1. The van der Waals surface area contributed by atoms with Crippen molar-refractivity contribution in [1.29, 1.82) is 0 Å². The van der Waals surface area contributed by atoms with Gasteiger partial charge in [0.25, 0.3) is 0 Å². The molecule has 0 spiro atoms. The Balaban J connectivity index is 2.46. The molecule has 1 atom stereocenters. The van der Waals surface area contributed by atoms with Crippen molar-refractivity contribution in [3.05, 3.63) is 0 Å². The highest BCUT2D eigenvalue weighted by Crippen LogP contribution is 2.24. The molecule has 1 fully saturated rings. The van der Waals surface area contributed by atoms with Crippen LogP contribution >= 0.6 is 0 Å². The molecule has 1 rings (SSSR count). The zero-order chi connectivity index (χ0) is 10.6. The van der Waals surface area contributed by atoms with Crippen molar-refractivity contribution < 1.29 is 9.90 Å². The monoisotopic (exact) mass is 200 g/mol. The number of nitrogens with zero attached hydrogens (tertiary/aromatic N) is 1. The molecule has 3 N–H and O–H groups in total. The zero-order valence-corrected chi connectivity index (χ0v) is 8.83. The van der Waals surface area contributed by atoms with Crippen molar-refractivity contribution in [1.82, 2.24) is 4.90 Å². The van der Waals surface area contributed by atoms with Crippen molar-refractivity contribution in [2.24, 2.45) is 5.73 Å². The van der Waals surface area contributed by atoms with E-state index in [1.54, 1.807) is 0 Å². The molecule has 0 aliphatic carbocycles. The molecule has 1 aliphatic rings. The summed E-state index contributed by atoms with van der Waals surface area (Å²) in [6.45, 7) is 3.78. The van der Waals surface area contributed by atoms with Gasteiger partial charge in [0.05, 0.1) is 0 Å². The van der Waals surface area contributed by atoms with Crippen molar-refractivity contribution in [2.45, 2.75) is 44.7 Å². The molecule has 1 heterocycles. The lowest BCUT2D eigenvalue weighted by Gasteiger charge is -2.30. The third-order valence-electron chi connectivity index (χ3n) is 2.95. The van der Waals surface area contributed by atoms with Crippen molar-refractivity contribution in [2.75, 3.05) is 13.1 Å². The minimum Gasteiger partial charge on any atom is -0.479 e.